The monoisotopic (exact) mass is 331 g/mol. The van der Waals surface area contributed by atoms with E-state index in [1.54, 1.807) is 0 Å². The highest BCUT2D eigenvalue weighted by Crippen LogP contribution is 2.48. The molecule has 1 unspecified atom stereocenters. The predicted molar refractivity (Wildman–Crippen MR) is 73.1 cm³/mol. The molecule has 1 amide bonds. The second kappa shape index (κ2) is 4.60. The standard InChI is InChI=1S/C12H9ClF3N5O/c1-6(22)18-12(11(14,15)16)20-19-10-5-17-8-3-2-7(13)4-9(8)21(10)12/h2-5,17H,1H3,(H,18,22). The minimum Gasteiger partial charge on any atom is -0.357 e. The van der Waals surface area contributed by atoms with E-state index in [0.717, 1.165) is 11.8 Å². The Balaban J connectivity index is 2.21. The lowest BCUT2D eigenvalue weighted by atomic mass is 10.1. The molecule has 0 bridgehead atoms. The van der Waals surface area contributed by atoms with E-state index < -0.39 is 17.9 Å². The van der Waals surface area contributed by atoms with Crippen molar-refractivity contribution in [1.82, 2.24) is 5.32 Å². The third kappa shape index (κ3) is 2.00. The zero-order valence-corrected chi connectivity index (χ0v) is 11.8. The number of benzene rings is 1. The summed E-state index contributed by atoms with van der Waals surface area (Å²) >= 11 is 5.88. The summed E-state index contributed by atoms with van der Waals surface area (Å²) in [5.41, 5.74) is 0.500. The van der Waals surface area contributed by atoms with Crippen LogP contribution in [0, 0.1) is 0 Å². The molecule has 0 saturated heterocycles. The van der Waals surface area contributed by atoms with Crippen LogP contribution >= 0.6 is 11.6 Å². The lowest BCUT2D eigenvalue weighted by Crippen LogP contribution is -2.65. The van der Waals surface area contributed by atoms with E-state index in [1.807, 2.05) is 5.32 Å². The van der Waals surface area contributed by atoms with Gasteiger partial charge < -0.3 is 10.6 Å². The molecule has 0 spiro atoms. The van der Waals surface area contributed by atoms with Gasteiger partial charge in [-0.3, -0.25) is 9.69 Å². The van der Waals surface area contributed by atoms with Crippen LogP contribution in [-0.2, 0) is 4.79 Å². The van der Waals surface area contributed by atoms with Gasteiger partial charge in [0.25, 0.3) is 0 Å². The molecule has 1 aromatic carbocycles. The number of anilines is 2. The summed E-state index contributed by atoms with van der Waals surface area (Å²) < 4.78 is 41.0. The first-order chi connectivity index (χ1) is 10.2. The van der Waals surface area contributed by atoms with Crippen molar-refractivity contribution in [2.45, 2.75) is 18.9 Å². The summed E-state index contributed by atoms with van der Waals surface area (Å²) in [6.07, 6.45) is -3.62. The lowest BCUT2D eigenvalue weighted by molar-refractivity contribution is -0.193. The molecule has 0 saturated carbocycles. The number of hydrogen-bond donors (Lipinski definition) is 2. The Morgan fingerprint density at radius 3 is 2.82 bits per heavy atom. The van der Waals surface area contributed by atoms with Crippen molar-refractivity contribution in [3.63, 3.8) is 0 Å². The number of hydrogen-bond acceptors (Lipinski definition) is 5. The van der Waals surface area contributed by atoms with Crippen LogP contribution in [0.3, 0.4) is 0 Å². The van der Waals surface area contributed by atoms with Crippen LogP contribution in [0.25, 0.3) is 0 Å². The quantitative estimate of drug-likeness (QED) is 0.830. The number of carbonyl (C=O) groups excluding carboxylic acids is 1. The van der Waals surface area contributed by atoms with Crippen LogP contribution in [0.4, 0.5) is 24.5 Å². The molecule has 2 aliphatic rings. The van der Waals surface area contributed by atoms with Gasteiger partial charge in [-0.25, -0.2) is 0 Å². The molecule has 22 heavy (non-hydrogen) atoms. The number of nitrogens with one attached hydrogen (secondary N) is 2. The normalized spacial score (nSPS) is 22.6. The number of amides is 1. The molecule has 0 fully saturated rings. The maximum atomic E-state index is 13.7. The lowest BCUT2D eigenvalue weighted by Gasteiger charge is -2.39. The van der Waals surface area contributed by atoms with Gasteiger partial charge in [0.1, 0.15) is 0 Å². The molecule has 1 aromatic rings. The van der Waals surface area contributed by atoms with Crippen LogP contribution in [-0.4, -0.2) is 17.9 Å². The second-order valence-electron chi connectivity index (χ2n) is 4.69. The first-order valence-electron chi connectivity index (χ1n) is 6.09. The molecule has 1 atom stereocenters. The fraction of sp³-hybridized carbons (Fsp3) is 0.250. The molecule has 0 aliphatic carbocycles. The highest BCUT2D eigenvalue weighted by molar-refractivity contribution is 6.31. The molecular formula is C12H9ClF3N5O. The number of halogens is 4. The molecule has 2 N–H and O–H groups in total. The van der Waals surface area contributed by atoms with E-state index in [2.05, 4.69) is 15.5 Å². The summed E-state index contributed by atoms with van der Waals surface area (Å²) in [5.74, 6) is -3.97. The van der Waals surface area contributed by atoms with Crippen molar-refractivity contribution in [1.29, 1.82) is 0 Å². The molecule has 6 nitrogen and oxygen atoms in total. The molecule has 10 heteroatoms. The Morgan fingerprint density at radius 2 is 2.18 bits per heavy atom. The fourth-order valence-electron chi connectivity index (χ4n) is 2.30. The van der Waals surface area contributed by atoms with Crippen LogP contribution in [0.5, 0.6) is 0 Å². The van der Waals surface area contributed by atoms with Gasteiger partial charge in [0, 0.05) is 18.1 Å². The van der Waals surface area contributed by atoms with Crippen molar-refractivity contribution < 1.29 is 18.0 Å². The van der Waals surface area contributed by atoms with E-state index in [4.69, 9.17) is 11.6 Å². The van der Waals surface area contributed by atoms with Crippen molar-refractivity contribution >= 4 is 28.9 Å². The third-order valence-corrected chi connectivity index (χ3v) is 3.39. The topological polar surface area (TPSA) is 69.1 Å². The van der Waals surface area contributed by atoms with Gasteiger partial charge in [-0.2, -0.15) is 13.2 Å². The third-order valence-electron chi connectivity index (χ3n) is 3.15. The van der Waals surface area contributed by atoms with Crippen LogP contribution < -0.4 is 15.5 Å². The number of azo groups is 1. The number of carbonyl (C=O) groups is 1. The Labute approximate surface area is 127 Å². The van der Waals surface area contributed by atoms with Gasteiger partial charge >= 0.3 is 12.0 Å². The zero-order chi connectivity index (χ0) is 16.1. The SMILES string of the molecule is CC(=O)NC1(C(F)(F)F)N=NC2=CNc3ccc(Cl)cc3N21. The maximum Gasteiger partial charge on any atom is 0.455 e. The average molecular weight is 332 g/mol. The van der Waals surface area contributed by atoms with Gasteiger partial charge in [-0.15, -0.1) is 10.2 Å². The van der Waals surface area contributed by atoms with E-state index >= 15 is 0 Å². The summed E-state index contributed by atoms with van der Waals surface area (Å²) in [4.78, 5) is 12.1. The Hall–Kier alpha value is -2.29. The molecule has 3 rings (SSSR count). The smallest absolute Gasteiger partial charge is 0.357 e. The van der Waals surface area contributed by atoms with E-state index in [-0.39, 0.29) is 16.5 Å². The van der Waals surface area contributed by atoms with Gasteiger partial charge in [0.2, 0.25) is 5.91 Å². The average Bonchev–Trinajstić information content (AvgIpc) is 2.78. The summed E-state index contributed by atoms with van der Waals surface area (Å²) in [6.45, 7) is 0.978. The van der Waals surface area contributed by atoms with Crippen molar-refractivity contribution in [3.05, 3.63) is 35.2 Å². The van der Waals surface area contributed by atoms with Gasteiger partial charge in [-0.05, 0) is 18.2 Å². The fourth-order valence-corrected chi connectivity index (χ4v) is 2.47. The minimum atomic E-state index is -4.89. The number of rotatable bonds is 1. The van der Waals surface area contributed by atoms with E-state index in [0.29, 0.717) is 5.69 Å². The van der Waals surface area contributed by atoms with Gasteiger partial charge in [-0.1, -0.05) is 11.6 Å². The first kappa shape index (κ1) is 14.6. The molecule has 116 valence electrons. The second-order valence-corrected chi connectivity index (χ2v) is 5.13. The van der Waals surface area contributed by atoms with Crippen LogP contribution in [0.1, 0.15) is 6.92 Å². The molecular weight excluding hydrogens is 323 g/mol. The Kier molecular flexibility index (Phi) is 3.06. The summed E-state index contributed by atoms with van der Waals surface area (Å²) in [7, 11) is 0. The largest absolute Gasteiger partial charge is 0.455 e. The van der Waals surface area contributed by atoms with E-state index in [1.165, 1.54) is 24.4 Å². The minimum absolute atomic E-state index is 0.0826. The Morgan fingerprint density at radius 1 is 1.45 bits per heavy atom. The van der Waals surface area contributed by atoms with Gasteiger partial charge in [0.15, 0.2) is 5.82 Å². The number of alkyl halides is 3. The van der Waals surface area contributed by atoms with E-state index in [9.17, 15) is 18.0 Å². The van der Waals surface area contributed by atoms with Crippen molar-refractivity contribution in [2.24, 2.45) is 10.2 Å². The number of fused-ring (bicyclic) bond motifs is 3. The van der Waals surface area contributed by atoms with Crippen molar-refractivity contribution in [3.8, 4) is 0 Å². The van der Waals surface area contributed by atoms with Crippen LogP contribution in [0.2, 0.25) is 5.02 Å². The van der Waals surface area contributed by atoms with Crippen LogP contribution in [0.15, 0.2) is 40.4 Å². The number of nitrogens with zero attached hydrogens (tertiary/aromatic N) is 3. The summed E-state index contributed by atoms with van der Waals surface area (Å²) in [5, 5.41) is 11.7. The van der Waals surface area contributed by atoms with Crippen molar-refractivity contribution in [2.75, 3.05) is 10.2 Å². The molecule has 0 aromatic heterocycles. The molecule has 0 radical (unpaired) electrons. The molecule has 2 heterocycles. The highest BCUT2D eigenvalue weighted by Gasteiger charge is 2.65. The highest BCUT2D eigenvalue weighted by atomic mass is 35.5. The zero-order valence-electron chi connectivity index (χ0n) is 11.1. The Bertz CT molecular complexity index is 717. The maximum absolute atomic E-state index is 13.7. The predicted octanol–water partition coefficient (Wildman–Crippen LogP) is 3.19. The summed E-state index contributed by atoms with van der Waals surface area (Å²) in [6, 6.07) is 4.40. The van der Waals surface area contributed by atoms with Gasteiger partial charge in [0.05, 0.1) is 11.4 Å². The molecule has 2 aliphatic heterocycles. The first-order valence-corrected chi connectivity index (χ1v) is 6.47.